The summed E-state index contributed by atoms with van der Waals surface area (Å²) in [5.41, 5.74) is 0. The molecule has 0 aromatic carbocycles. The summed E-state index contributed by atoms with van der Waals surface area (Å²) in [5.74, 6) is -0.316. The summed E-state index contributed by atoms with van der Waals surface area (Å²) in [6, 6.07) is 0. The van der Waals surface area contributed by atoms with Gasteiger partial charge < -0.3 is 24.3 Å². The molecule has 0 fully saturated rings. The summed E-state index contributed by atoms with van der Waals surface area (Å²) in [6.45, 7) is 6.28. The van der Waals surface area contributed by atoms with Gasteiger partial charge >= 0.3 is 5.97 Å². The predicted octanol–water partition coefficient (Wildman–Crippen LogP) is 0.209. The molecule has 0 aliphatic rings. The number of hydrogen-bond donors (Lipinski definition) is 1. The quantitative estimate of drug-likeness (QED) is 0.378. The van der Waals surface area contributed by atoms with Crippen molar-refractivity contribution in [3.63, 3.8) is 0 Å². The van der Waals surface area contributed by atoms with Gasteiger partial charge in [0.1, 0.15) is 6.61 Å². The Balaban J connectivity index is 3.01. The zero-order valence-corrected chi connectivity index (χ0v) is 11.4. The van der Waals surface area contributed by atoms with Gasteiger partial charge in [0.25, 0.3) is 0 Å². The Morgan fingerprint density at radius 1 is 1.06 bits per heavy atom. The van der Waals surface area contributed by atoms with E-state index >= 15 is 0 Å². The molecule has 108 valence electrons. The van der Waals surface area contributed by atoms with Gasteiger partial charge in [-0.3, -0.25) is 0 Å². The Bertz CT molecular complexity index is 189. The van der Waals surface area contributed by atoms with E-state index in [2.05, 4.69) is 5.32 Å². The lowest BCUT2D eigenvalue weighted by molar-refractivity contribution is -0.148. The van der Waals surface area contributed by atoms with Crippen molar-refractivity contribution in [3.05, 3.63) is 0 Å². The van der Waals surface area contributed by atoms with E-state index in [1.807, 2.05) is 0 Å². The third kappa shape index (κ3) is 13.4. The van der Waals surface area contributed by atoms with Gasteiger partial charge in [0.15, 0.2) is 0 Å². The molecule has 0 aromatic rings. The summed E-state index contributed by atoms with van der Waals surface area (Å²) < 4.78 is 20.0. The summed E-state index contributed by atoms with van der Waals surface area (Å²) in [7, 11) is 1.65. The second-order valence-corrected chi connectivity index (χ2v) is 3.57. The van der Waals surface area contributed by atoms with Crippen LogP contribution < -0.4 is 5.32 Å². The maximum atomic E-state index is 10.9. The van der Waals surface area contributed by atoms with Crippen LogP contribution in [0, 0.1) is 0 Å². The molecular formula is C12H25NO5. The van der Waals surface area contributed by atoms with Gasteiger partial charge in [-0.05, 0) is 19.9 Å². The molecule has 6 nitrogen and oxygen atoms in total. The molecule has 0 radical (unpaired) electrons. The average molecular weight is 263 g/mol. The van der Waals surface area contributed by atoms with Gasteiger partial charge in [0.2, 0.25) is 0 Å². The fraction of sp³-hybridized carbons (Fsp3) is 0.917. The minimum Gasteiger partial charge on any atom is -0.464 e. The third-order valence-electron chi connectivity index (χ3n) is 2.02. The normalized spacial score (nSPS) is 10.6. The Labute approximate surface area is 109 Å². The van der Waals surface area contributed by atoms with E-state index in [-0.39, 0.29) is 12.6 Å². The standard InChI is InChI=1S/C12H25NO5/c1-3-18-12(14)11-17-8-6-13-5-4-7-16-10-9-15-2/h13H,3-11H2,1-2H3. The fourth-order valence-corrected chi connectivity index (χ4v) is 1.17. The van der Waals surface area contributed by atoms with Crippen LogP contribution in [0.1, 0.15) is 13.3 Å². The molecule has 0 heterocycles. The minimum absolute atomic E-state index is 0.0235. The van der Waals surface area contributed by atoms with Crippen molar-refractivity contribution in [1.29, 1.82) is 0 Å². The van der Waals surface area contributed by atoms with Crippen LogP contribution in [-0.2, 0) is 23.7 Å². The molecular weight excluding hydrogens is 238 g/mol. The predicted molar refractivity (Wildman–Crippen MR) is 67.6 cm³/mol. The van der Waals surface area contributed by atoms with Crippen LogP contribution >= 0.6 is 0 Å². The highest BCUT2D eigenvalue weighted by Gasteiger charge is 1.99. The van der Waals surface area contributed by atoms with Crippen molar-refractivity contribution in [3.8, 4) is 0 Å². The molecule has 0 aromatic heterocycles. The zero-order chi connectivity index (χ0) is 13.5. The second kappa shape index (κ2) is 14.4. The first-order valence-corrected chi connectivity index (χ1v) is 6.32. The van der Waals surface area contributed by atoms with E-state index in [0.29, 0.717) is 26.4 Å². The topological polar surface area (TPSA) is 66.0 Å². The summed E-state index contributed by atoms with van der Waals surface area (Å²) in [4.78, 5) is 10.9. The first-order chi connectivity index (χ1) is 8.81. The summed E-state index contributed by atoms with van der Waals surface area (Å²) in [5, 5.41) is 3.19. The van der Waals surface area contributed by atoms with Gasteiger partial charge in [-0.1, -0.05) is 0 Å². The molecule has 1 N–H and O–H groups in total. The number of carbonyl (C=O) groups excluding carboxylic acids is 1. The fourth-order valence-electron chi connectivity index (χ4n) is 1.17. The Morgan fingerprint density at radius 3 is 2.61 bits per heavy atom. The number of nitrogens with one attached hydrogen (secondary N) is 1. The molecule has 0 atom stereocenters. The van der Waals surface area contributed by atoms with E-state index < -0.39 is 0 Å². The van der Waals surface area contributed by atoms with Crippen LogP contribution in [0.5, 0.6) is 0 Å². The van der Waals surface area contributed by atoms with Crippen molar-refractivity contribution >= 4 is 5.97 Å². The molecule has 0 bridgehead atoms. The van der Waals surface area contributed by atoms with Crippen molar-refractivity contribution in [2.45, 2.75) is 13.3 Å². The summed E-state index contributed by atoms with van der Waals surface area (Å²) >= 11 is 0. The Kier molecular flexibility index (Phi) is 13.8. The van der Waals surface area contributed by atoms with Gasteiger partial charge in [-0.2, -0.15) is 0 Å². The SMILES string of the molecule is CCOC(=O)COCCNCCCOCCOC. The average Bonchev–Trinajstić information content (AvgIpc) is 2.36. The van der Waals surface area contributed by atoms with Crippen LogP contribution in [0.2, 0.25) is 0 Å². The van der Waals surface area contributed by atoms with Crippen molar-refractivity contribution in [1.82, 2.24) is 5.32 Å². The van der Waals surface area contributed by atoms with Crippen molar-refractivity contribution in [2.75, 3.05) is 59.8 Å². The highest BCUT2D eigenvalue weighted by Crippen LogP contribution is 1.83. The van der Waals surface area contributed by atoms with E-state index in [4.69, 9.17) is 18.9 Å². The maximum absolute atomic E-state index is 10.9. The maximum Gasteiger partial charge on any atom is 0.332 e. The molecule has 18 heavy (non-hydrogen) atoms. The molecule has 0 rings (SSSR count). The van der Waals surface area contributed by atoms with Gasteiger partial charge in [-0.25, -0.2) is 4.79 Å². The van der Waals surface area contributed by atoms with E-state index in [1.165, 1.54) is 0 Å². The zero-order valence-electron chi connectivity index (χ0n) is 11.4. The molecule has 6 heteroatoms. The van der Waals surface area contributed by atoms with E-state index in [1.54, 1.807) is 14.0 Å². The van der Waals surface area contributed by atoms with Crippen LogP contribution in [0.4, 0.5) is 0 Å². The molecule has 0 saturated carbocycles. The number of hydrogen-bond acceptors (Lipinski definition) is 6. The van der Waals surface area contributed by atoms with Crippen LogP contribution in [0.25, 0.3) is 0 Å². The first-order valence-electron chi connectivity index (χ1n) is 6.32. The molecule has 0 aliphatic carbocycles. The van der Waals surface area contributed by atoms with Gasteiger partial charge in [0, 0.05) is 20.3 Å². The van der Waals surface area contributed by atoms with Gasteiger partial charge in [-0.15, -0.1) is 0 Å². The smallest absolute Gasteiger partial charge is 0.332 e. The number of carbonyl (C=O) groups is 1. The van der Waals surface area contributed by atoms with E-state index in [0.717, 1.165) is 26.1 Å². The lowest BCUT2D eigenvalue weighted by Crippen LogP contribution is -2.23. The molecule has 0 saturated heterocycles. The minimum atomic E-state index is -0.316. The highest BCUT2D eigenvalue weighted by atomic mass is 16.6. The van der Waals surface area contributed by atoms with Crippen LogP contribution in [-0.4, -0.2) is 65.8 Å². The molecule has 0 amide bonds. The first kappa shape index (κ1) is 17.3. The Hall–Kier alpha value is -0.690. The van der Waals surface area contributed by atoms with Crippen molar-refractivity contribution in [2.24, 2.45) is 0 Å². The van der Waals surface area contributed by atoms with Crippen LogP contribution in [0.3, 0.4) is 0 Å². The van der Waals surface area contributed by atoms with E-state index in [9.17, 15) is 4.79 Å². The summed E-state index contributed by atoms with van der Waals surface area (Å²) in [6.07, 6.45) is 0.946. The third-order valence-corrected chi connectivity index (χ3v) is 2.02. The number of ether oxygens (including phenoxy) is 4. The second-order valence-electron chi connectivity index (χ2n) is 3.57. The number of rotatable bonds is 13. The lowest BCUT2D eigenvalue weighted by atomic mass is 10.4. The van der Waals surface area contributed by atoms with Crippen molar-refractivity contribution < 1.29 is 23.7 Å². The molecule has 0 unspecified atom stereocenters. The number of esters is 1. The number of methoxy groups -OCH3 is 1. The van der Waals surface area contributed by atoms with Crippen LogP contribution in [0.15, 0.2) is 0 Å². The highest BCUT2D eigenvalue weighted by molar-refractivity contribution is 5.70. The lowest BCUT2D eigenvalue weighted by Gasteiger charge is -2.06. The molecule has 0 aliphatic heterocycles. The monoisotopic (exact) mass is 263 g/mol. The van der Waals surface area contributed by atoms with Gasteiger partial charge in [0.05, 0.1) is 26.4 Å². The Morgan fingerprint density at radius 2 is 1.89 bits per heavy atom. The molecule has 0 spiro atoms. The largest absolute Gasteiger partial charge is 0.464 e.